The van der Waals surface area contributed by atoms with Crippen molar-refractivity contribution < 1.29 is 0 Å². The lowest BCUT2D eigenvalue weighted by Crippen LogP contribution is -2.16. The zero-order valence-electron chi connectivity index (χ0n) is 8.22. The Morgan fingerprint density at radius 3 is 2.62 bits per heavy atom. The predicted molar refractivity (Wildman–Crippen MR) is 56.9 cm³/mol. The molecule has 0 heterocycles. The summed E-state index contributed by atoms with van der Waals surface area (Å²) in [7, 11) is 0. The first kappa shape index (κ1) is 8.42. The van der Waals surface area contributed by atoms with E-state index in [2.05, 4.69) is 31.3 Å². The lowest BCUT2D eigenvalue weighted by molar-refractivity contribution is 0.830. The van der Waals surface area contributed by atoms with E-state index in [0.29, 0.717) is 5.54 Å². The number of nitrogens with two attached hydrogens (primary N) is 1. The van der Waals surface area contributed by atoms with E-state index < -0.39 is 0 Å². The summed E-state index contributed by atoms with van der Waals surface area (Å²) < 4.78 is 0. The monoisotopic (exact) mass is 176 g/mol. The van der Waals surface area contributed by atoms with Gasteiger partial charge in [-0.15, -0.1) is 0 Å². The third kappa shape index (κ3) is 1.77. The highest BCUT2D eigenvalue weighted by Crippen LogP contribution is 2.39. The molecule has 1 aliphatic rings. The van der Waals surface area contributed by atoms with Gasteiger partial charge in [0.2, 0.25) is 0 Å². The largest absolute Gasteiger partial charge is 0.397 e. The molecule has 2 nitrogen and oxygen atoms in total. The second-order valence-electron chi connectivity index (χ2n) is 4.28. The van der Waals surface area contributed by atoms with Gasteiger partial charge in [0.25, 0.3) is 0 Å². The molecule has 13 heavy (non-hydrogen) atoms. The van der Waals surface area contributed by atoms with Crippen LogP contribution in [-0.2, 0) is 0 Å². The van der Waals surface area contributed by atoms with Crippen LogP contribution in [-0.4, -0.2) is 5.54 Å². The van der Waals surface area contributed by atoms with Crippen molar-refractivity contribution in [2.45, 2.75) is 32.2 Å². The van der Waals surface area contributed by atoms with Crippen LogP contribution in [0.15, 0.2) is 18.2 Å². The van der Waals surface area contributed by atoms with Crippen LogP contribution in [0.2, 0.25) is 0 Å². The van der Waals surface area contributed by atoms with Crippen molar-refractivity contribution in [3.05, 3.63) is 23.8 Å². The Kier molecular flexibility index (Phi) is 1.72. The van der Waals surface area contributed by atoms with Crippen molar-refractivity contribution in [2.24, 2.45) is 0 Å². The van der Waals surface area contributed by atoms with Crippen LogP contribution < -0.4 is 11.1 Å². The number of hydrogen-bond acceptors (Lipinski definition) is 2. The number of rotatable bonds is 2. The van der Waals surface area contributed by atoms with Gasteiger partial charge in [-0.05, 0) is 44.4 Å². The molecule has 0 atom stereocenters. The standard InChI is InChI=1S/C11H16N2/c1-8-3-4-10(9(12)7-8)13-11(2)5-6-11/h3-4,7,13H,5-6,12H2,1-2H3. The molecule has 1 aliphatic carbocycles. The van der Waals surface area contributed by atoms with E-state index in [1.807, 2.05) is 6.07 Å². The van der Waals surface area contributed by atoms with E-state index in [4.69, 9.17) is 5.73 Å². The summed E-state index contributed by atoms with van der Waals surface area (Å²) in [5.74, 6) is 0. The van der Waals surface area contributed by atoms with E-state index in [1.165, 1.54) is 18.4 Å². The van der Waals surface area contributed by atoms with Crippen molar-refractivity contribution in [1.29, 1.82) is 0 Å². The number of aryl methyl sites for hydroxylation is 1. The molecule has 0 aromatic heterocycles. The minimum Gasteiger partial charge on any atom is -0.397 e. The van der Waals surface area contributed by atoms with Crippen LogP contribution >= 0.6 is 0 Å². The normalized spacial score (nSPS) is 18.3. The fourth-order valence-electron chi connectivity index (χ4n) is 1.43. The van der Waals surface area contributed by atoms with Crippen LogP contribution in [0.5, 0.6) is 0 Å². The third-order valence-corrected chi connectivity index (χ3v) is 2.64. The van der Waals surface area contributed by atoms with E-state index in [9.17, 15) is 0 Å². The molecule has 1 saturated carbocycles. The van der Waals surface area contributed by atoms with Crippen molar-refractivity contribution in [2.75, 3.05) is 11.1 Å². The number of hydrogen-bond donors (Lipinski definition) is 2. The van der Waals surface area contributed by atoms with Gasteiger partial charge in [-0.2, -0.15) is 0 Å². The first-order chi connectivity index (χ1) is 6.09. The Morgan fingerprint density at radius 1 is 1.38 bits per heavy atom. The Labute approximate surface area is 79.1 Å². The van der Waals surface area contributed by atoms with Crippen LogP contribution in [0.25, 0.3) is 0 Å². The van der Waals surface area contributed by atoms with Crippen molar-refractivity contribution >= 4 is 11.4 Å². The Balaban J connectivity index is 2.20. The number of anilines is 2. The van der Waals surface area contributed by atoms with Gasteiger partial charge in [-0.3, -0.25) is 0 Å². The molecule has 1 fully saturated rings. The molecule has 2 rings (SSSR count). The Hall–Kier alpha value is -1.18. The fourth-order valence-corrected chi connectivity index (χ4v) is 1.43. The molecule has 0 saturated heterocycles. The summed E-state index contributed by atoms with van der Waals surface area (Å²) in [5.41, 5.74) is 9.34. The van der Waals surface area contributed by atoms with Gasteiger partial charge in [0.05, 0.1) is 11.4 Å². The van der Waals surface area contributed by atoms with Crippen LogP contribution in [0.4, 0.5) is 11.4 Å². The van der Waals surface area contributed by atoms with Gasteiger partial charge in [-0.1, -0.05) is 6.07 Å². The minimum atomic E-state index is 0.309. The van der Waals surface area contributed by atoms with Crippen molar-refractivity contribution in [3.63, 3.8) is 0 Å². The molecular weight excluding hydrogens is 160 g/mol. The summed E-state index contributed by atoms with van der Waals surface area (Å²) in [4.78, 5) is 0. The smallest absolute Gasteiger partial charge is 0.0578 e. The Bertz CT molecular complexity index is 327. The van der Waals surface area contributed by atoms with Crippen molar-refractivity contribution in [1.82, 2.24) is 0 Å². The maximum atomic E-state index is 5.89. The zero-order valence-corrected chi connectivity index (χ0v) is 8.22. The Morgan fingerprint density at radius 2 is 2.08 bits per heavy atom. The maximum Gasteiger partial charge on any atom is 0.0578 e. The number of benzene rings is 1. The van der Waals surface area contributed by atoms with E-state index in [0.717, 1.165) is 11.4 Å². The second kappa shape index (κ2) is 2.66. The van der Waals surface area contributed by atoms with Gasteiger partial charge in [0.15, 0.2) is 0 Å². The first-order valence-electron chi connectivity index (χ1n) is 4.73. The van der Waals surface area contributed by atoms with Gasteiger partial charge < -0.3 is 11.1 Å². The van der Waals surface area contributed by atoms with Crippen molar-refractivity contribution in [3.8, 4) is 0 Å². The topological polar surface area (TPSA) is 38.0 Å². The highest BCUT2D eigenvalue weighted by molar-refractivity contribution is 5.68. The molecule has 0 radical (unpaired) electrons. The highest BCUT2D eigenvalue weighted by atomic mass is 15.0. The van der Waals surface area contributed by atoms with Crippen LogP contribution in [0, 0.1) is 6.92 Å². The molecule has 3 N–H and O–H groups in total. The predicted octanol–water partition coefficient (Wildman–Crippen LogP) is 2.54. The first-order valence-corrected chi connectivity index (χ1v) is 4.73. The van der Waals surface area contributed by atoms with Gasteiger partial charge in [0, 0.05) is 5.54 Å². The molecule has 1 aromatic rings. The second-order valence-corrected chi connectivity index (χ2v) is 4.28. The summed E-state index contributed by atoms with van der Waals surface area (Å²) >= 11 is 0. The molecule has 0 amide bonds. The van der Waals surface area contributed by atoms with Gasteiger partial charge >= 0.3 is 0 Å². The molecule has 0 aliphatic heterocycles. The highest BCUT2D eigenvalue weighted by Gasteiger charge is 2.37. The SMILES string of the molecule is Cc1ccc(NC2(C)CC2)c(N)c1. The maximum absolute atomic E-state index is 5.89. The quantitative estimate of drug-likeness (QED) is 0.679. The minimum absolute atomic E-state index is 0.309. The summed E-state index contributed by atoms with van der Waals surface area (Å²) in [5, 5.41) is 3.46. The number of nitrogen functional groups attached to an aromatic ring is 1. The van der Waals surface area contributed by atoms with E-state index in [1.54, 1.807) is 0 Å². The van der Waals surface area contributed by atoms with Gasteiger partial charge in [-0.25, -0.2) is 0 Å². The van der Waals surface area contributed by atoms with Crippen LogP contribution in [0.1, 0.15) is 25.3 Å². The summed E-state index contributed by atoms with van der Waals surface area (Å²) in [6.45, 7) is 4.28. The fraction of sp³-hybridized carbons (Fsp3) is 0.455. The molecule has 2 heteroatoms. The van der Waals surface area contributed by atoms with Crippen LogP contribution in [0.3, 0.4) is 0 Å². The summed E-state index contributed by atoms with van der Waals surface area (Å²) in [6.07, 6.45) is 2.50. The molecular formula is C11H16N2. The lowest BCUT2D eigenvalue weighted by atomic mass is 10.2. The zero-order chi connectivity index (χ0) is 9.47. The third-order valence-electron chi connectivity index (χ3n) is 2.64. The molecule has 0 spiro atoms. The molecule has 0 bridgehead atoms. The van der Waals surface area contributed by atoms with E-state index in [-0.39, 0.29) is 0 Å². The average molecular weight is 176 g/mol. The number of nitrogens with one attached hydrogen (secondary N) is 1. The van der Waals surface area contributed by atoms with Gasteiger partial charge in [0.1, 0.15) is 0 Å². The molecule has 70 valence electrons. The lowest BCUT2D eigenvalue weighted by Gasteiger charge is -2.15. The van der Waals surface area contributed by atoms with E-state index >= 15 is 0 Å². The molecule has 1 aromatic carbocycles. The average Bonchev–Trinajstić information content (AvgIpc) is 2.75. The summed E-state index contributed by atoms with van der Waals surface area (Å²) in [6, 6.07) is 6.16. The molecule has 0 unspecified atom stereocenters.